The van der Waals surface area contributed by atoms with Crippen molar-refractivity contribution in [1.82, 2.24) is 0 Å². The Labute approximate surface area is 164 Å². The van der Waals surface area contributed by atoms with Crippen molar-refractivity contribution >= 4 is 39.5 Å². The number of amides is 1. The molecule has 0 spiro atoms. The average molecular weight is 393 g/mol. The van der Waals surface area contributed by atoms with E-state index in [9.17, 15) is 14.0 Å². The molecular formula is C22H16FNO5. The number of halogens is 1. The number of benzene rings is 3. The molecule has 7 heteroatoms. The van der Waals surface area contributed by atoms with E-state index < -0.39 is 24.3 Å². The largest absolute Gasteiger partial charge is 0.495 e. The zero-order valence-corrected chi connectivity index (χ0v) is 15.4. The second-order valence-electron chi connectivity index (χ2n) is 6.25. The highest BCUT2D eigenvalue weighted by Gasteiger charge is 2.17. The molecular weight excluding hydrogens is 377 g/mol. The van der Waals surface area contributed by atoms with Gasteiger partial charge in [0.15, 0.2) is 6.61 Å². The monoisotopic (exact) mass is 393 g/mol. The lowest BCUT2D eigenvalue weighted by molar-refractivity contribution is -0.119. The molecule has 0 bridgehead atoms. The second-order valence-corrected chi connectivity index (χ2v) is 6.25. The minimum absolute atomic E-state index is 0.235. The summed E-state index contributed by atoms with van der Waals surface area (Å²) >= 11 is 0. The predicted molar refractivity (Wildman–Crippen MR) is 106 cm³/mol. The summed E-state index contributed by atoms with van der Waals surface area (Å²) in [5.74, 6) is -1.80. The third-order valence-electron chi connectivity index (χ3n) is 4.40. The number of carbonyl (C=O) groups is 2. The van der Waals surface area contributed by atoms with Crippen molar-refractivity contribution in [1.29, 1.82) is 0 Å². The summed E-state index contributed by atoms with van der Waals surface area (Å²) in [4.78, 5) is 24.2. The van der Waals surface area contributed by atoms with Crippen molar-refractivity contribution in [3.8, 4) is 5.75 Å². The summed E-state index contributed by atoms with van der Waals surface area (Å²) in [7, 11) is 1.48. The molecule has 0 aliphatic carbocycles. The molecule has 1 N–H and O–H groups in total. The van der Waals surface area contributed by atoms with Crippen LogP contribution < -0.4 is 10.1 Å². The number of hydrogen-bond donors (Lipinski definition) is 1. The number of para-hydroxylation sites is 1. The van der Waals surface area contributed by atoms with Gasteiger partial charge in [-0.25, -0.2) is 9.18 Å². The number of furan rings is 1. The lowest BCUT2D eigenvalue weighted by atomic mass is 10.1. The normalized spacial score (nSPS) is 10.8. The molecule has 0 aliphatic heterocycles. The highest BCUT2D eigenvalue weighted by atomic mass is 19.1. The third kappa shape index (κ3) is 3.62. The SMILES string of the molecule is COc1cc2c(cc1NC(=O)COC(=O)c1ccccc1F)oc1ccccc12. The maximum absolute atomic E-state index is 13.6. The van der Waals surface area contributed by atoms with Crippen molar-refractivity contribution in [2.24, 2.45) is 0 Å². The van der Waals surface area contributed by atoms with Crippen LogP contribution in [0.5, 0.6) is 5.75 Å². The number of anilines is 1. The van der Waals surface area contributed by atoms with E-state index in [1.54, 1.807) is 12.1 Å². The summed E-state index contributed by atoms with van der Waals surface area (Å²) in [5, 5.41) is 4.40. The molecule has 0 fully saturated rings. The first-order chi connectivity index (χ1) is 14.1. The van der Waals surface area contributed by atoms with E-state index in [1.165, 1.54) is 25.3 Å². The van der Waals surface area contributed by atoms with Gasteiger partial charge in [0.25, 0.3) is 5.91 Å². The van der Waals surface area contributed by atoms with E-state index in [2.05, 4.69) is 5.32 Å². The van der Waals surface area contributed by atoms with Crippen LogP contribution in [0.15, 0.2) is 65.1 Å². The Morgan fingerprint density at radius 3 is 2.55 bits per heavy atom. The topological polar surface area (TPSA) is 77.8 Å². The number of nitrogens with one attached hydrogen (secondary N) is 1. The molecule has 6 nitrogen and oxygen atoms in total. The first-order valence-corrected chi connectivity index (χ1v) is 8.77. The maximum Gasteiger partial charge on any atom is 0.341 e. The first-order valence-electron chi connectivity index (χ1n) is 8.77. The molecule has 1 heterocycles. The standard InChI is InChI=1S/C22H16FNO5/c1-27-20-10-15-13-6-3-5-9-18(13)29-19(15)11-17(20)24-21(25)12-28-22(26)14-7-2-4-8-16(14)23/h2-11H,12H2,1H3,(H,24,25). The lowest BCUT2D eigenvalue weighted by Crippen LogP contribution is -2.21. The zero-order chi connectivity index (χ0) is 20.4. The van der Waals surface area contributed by atoms with Crippen molar-refractivity contribution in [3.05, 3.63) is 72.0 Å². The van der Waals surface area contributed by atoms with Crippen LogP contribution in [-0.2, 0) is 9.53 Å². The Hall–Kier alpha value is -3.87. The highest BCUT2D eigenvalue weighted by molar-refractivity contribution is 6.08. The van der Waals surface area contributed by atoms with E-state index in [0.29, 0.717) is 22.6 Å². The van der Waals surface area contributed by atoms with Gasteiger partial charge in [-0.15, -0.1) is 0 Å². The van der Waals surface area contributed by atoms with Crippen LogP contribution in [0, 0.1) is 5.82 Å². The maximum atomic E-state index is 13.6. The van der Waals surface area contributed by atoms with E-state index in [1.807, 2.05) is 24.3 Å². The van der Waals surface area contributed by atoms with Crippen LogP contribution in [0.25, 0.3) is 21.9 Å². The molecule has 1 amide bonds. The van der Waals surface area contributed by atoms with Crippen LogP contribution in [0.3, 0.4) is 0 Å². The summed E-state index contributed by atoms with van der Waals surface area (Å²) in [5.41, 5.74) is 1.42. The molecule has 0 aliphatic rings. The third-order valence-corrected chi connectivity index (χ3v) is 4.40. The number of ether oxygens (including phenoxy) is 2. The molecule has 4 rings (SSSR count). The van der Waals surface area contributed by atoms with Crippen LogP contribution in [0.1, 0.15) is 10.4 Å². The van der Waals surface area contributed by atoms with Gasteiger partial charge in [-0.2, -0.15) is 0 Å². The molecule has 146 valence electrons. The van der Waals surface area contributed by atoms with Crippen molar-refractivity contribution in [2.45, 2.75) is 0 Å². The molecule has 4 aromatic rings. The lowest BCUT2D eigenvalue weighted by Gasteiger charge is -2.11. The van der Waals surface area contributed by atoms with E-state index >= 15 is 0 Å². The number of hydrogen-bond acceptors (Lipinski definition) is 5. The molecule has 0 radical (unpaired) electrons. The Kier molecular flexibility index (Phi) is 4.87. The number of methoxy groups -OCH3 is 1. The van der Waals surface area contributed by atoms with Gasteiger partial charge in [0.05, 0.1) is 18.4 Å². The number of esters is 1. The van der Waals surface area contributed by atoms with Gasteiger partial charge >= 0.3 is 5.97 Å². The van der Waals surface area contributed by atoms with Crippen LogP contribution in [0.2, 0.25) is 0 Å². The molecule has 0 unspecified atom stereocenters. The van der Waals surface area contributed by atoms with E-state index in [4.69, 9.17) is 13.9 Å². The van der Waals surface area contributed by atoms with Crippen LogP contribution in [-0.4, -0.2) is 25.6 Å². The summed E-state index contributed by atoms with van der Waals surface area (Å²) in [6, 6.07) is 16.4. The fourth-order valence-electron chi connectivity index (χ4n) is 3.04. The van der Waals surface area contributed by atoms with Gasteiger partial charge in [-0.3, -0.25) is 4.79 Å². The average Bonchev–Trinajstić information content (AvgIpc) is 3.09. The number of carbonyl (C=O) groups excluding carboxylic acids is 2. The fraction of sp³-hybridized carbons (Fsp3) is 0.0909. The number of fused-ring (bicyclic) bond motifs is 3. The molecule has 1 aromatic heterocycles. The molecule has 0 saturated carbocycles. The van der Waals surface area contributed by atoms with Crippen molar-refractivity contribution < 1.29 is 27.9 Å². The van der Waals surface area contributed by atoms with Crippen LogP contribution >= 0.6 is 0 Å². The highest BCUT2D eigenvalue weighted by Crippen LogP contribution is 2.36. The van der Waals surface area contributed by atoms with E-state index in [0.717, 1.165) is 16.8 Å². The Balaban J connectivity index is 1.52. The van der Waals surface area contributed by atoms with E-state index in [-0.39, 0.29) is 5.56 Å². The molecule has 3 aromatic carbocycles. The second kappa shape index (κ2) is 7.63. The fourth-order valence-corrected chi connectivity index (χ4v) is 3.04. The smallest absolute Gasteiger partial charge is 0.341 e. The quantitative estimate of drug-likeness (QED) is 0.504. The van der Waals surface area contributed by atoms with Crippen LogP contribution in [0.4, 0.5) is 10.1 Å². The molecule has 29 heavy (non-hydrogen) atoms. The Morgan fingerprint density at radius 1 is 1.00 bits per heavy atom. The first kappa shape index (κ1) is 18.5. The summed E-state index contributed by atoms with van der Waals surface area (Å²) in [6.07, 6.45) is 0. The van der Waals surface area contributed by atoms with Gasteiger partial charge in [0.2, 0.25) is 0 Å². The van der Waals surface area contributed by atoms with Gasteiger partial charge in [-0.1, -0.05) is 30.3 Å². The van der Waals surface area contributed by atoms with Crippen molar-refractivity contribution in [2.75, 3.05) is 19.0 Å². The summed E-state index contributed by atoms with van der Waals surface area (Å²) < 4.78 is 29.7. The van der Waals surface area contributed by atoms with Crippen molar-refractivity contribution in [3.63, 3.8) is 0 Å². The molecule has 0 saturated heterocycles. The summed E-state index contributed by atoms with van der Waals surface area (Å²) in [6.45, 7) is -0.575. The van der Waals surface area contributed by atoms with Gasteiger partial charge in [-0.05, 0) is 24.3 Å². The molecule has 0 atom stereocenters. The van der Waals surface area contributed by atoms with Gasteiger partial charge in [0, 0.05) is 16.8 Å². The Morgan fingerprint density at radius 2 is 1.76 bits per heavy atom. The minimum Gasteiger partial charge on any atom is -0.495 e. The minimum atomic E-state index is -0.919. The zero-order valence-electron chi connectivity index (χ0n) is 15.4. The predicted octanol–water partition coefficient (Wildman–Crippen LogP) is 4.53. The number of rotatable bonds is 5. The van der Waals surface area contributed by atoms with Gasteiger partial charge in [0.1, 0.15) is 22.7 Å². The van der Waals surface area contributed by atoms with Gasteiger partial charge < -0.3 is 19.2 Å². The Bertz CT molecular complexity index is 1230.